The van der Waals surface area contributed by atoms with Crippen molar-refractivity contribution < 1.29 is 4.79 Å². The van der Waals surface area contributed by atoms with Crippen LogP contribution in [0.3, 0.4) is 0 Å². The molecule has 1 aliphatic heterocycles. The van der Waals surface area contributed by atoms with Crippen molar-refractivity contribution in [2.45, 2.75) is 13.0 Å². The van der Waals surface area contributed by atoms with Crippen LogP contribution >= 0.6 is 23.2 Å². The van der Waals surface area contributed by atoms with Gasteiger partial charge in [-0.2, -0.15) is 0 Å². The van der Waals surface area contributed by atoms with E-state index in [9.17, 15) is 4.79 Å². The monoisotopic (exact) mass is 398 g/mol. The maximum Gasteiger partial charge on any atom is 0.258 e. The Bertz CT molecular complexity index is 992. The number of aromatic nitrogens is 2. The summed E-state index contributed by atoms with van der Waals surface area (Å²) >= 11 is 11.9. The molecule has 5 nitrogen and oxygen atoms in total. The van der Waals surface area contributed by atoms with Gasteiger partial charge in [0, 0.05) is 31.2 Å². The molecule has 7 heteroatoms. The van der Waals surface area contributed by atoms with E-state index in [0.29, 0.717) is 27.2 Å². The van der Waals surface area contributed by atoms with Crippen LogP contribution in [0.1, 0.15) is 21.5 Å². The lowest BCUT2D eigenvalue weighted by atomic mass is 10.0. The predicted molar refractivity (Wildman–Crippen MR) is 108 cm³/mol. The Morgan fingerprint density at radius 2 is 1.74 bits per heavy atom. The zero-order valence-electron chi connectivity index (χ0n) is 14.3. The minimum Gasteiger partial charge on any atom is -0.336 e. The smallest absolute Gasteiger partial charge is 0.258 e. The molecule has 1 amide bonds. The average Bonchev–Trinajstić information content (AvgIpc) is 2.70. The molecule has 0 bridgehead atoms. The second-order valence-corrected chi connectivity index (χ2v) is 7.11. The summed E-state index contributed by atoms with van der Waals surface area (Å²) in [5.74, 6) is 0.319. The Morgan fingerprint density at radius 3 is 2.48 bits per heavy atom. The first-order valence-electron chi connectivity index (χ1n) is 8.50. The van der Waals surface area contributed by atoms with Crippen molar-refractivity contribution in [1.82, 2.24) is 9.97 Å². The predicted octanol–water partition coefficient (Wildman–Crippen LogP) is 4.60. The third-order valence-corrected chi connectivity index (χ3v) is 5.23. The summed E-state index contributed by atoms with van der Waals surface area (Å²) in [6.45, 7) is 1.62. The normalized spacial score (nSPS) is 13.2. The molecule has 27 heavy (non-hydrogen) atoms. The lowest BCUT2D eigenvalue weighted by Crippen LogP contribution is -2.31. The van der Waals surface area contributed by atoms with Crippen LogP contribution in [0.2, 0.25) is 10.0 Å². The van der Waals surface area contributed by atoms with Crippen LogP contribution in [0.5, 0.6) is 0 Å². The van der Waals surface area contributed by atoms with Crippen molar-refractivity contribution >= 4 is 40.7 Å². The van der Waals surface area contributed by atoms with Crippen LogP contribution in [0, 0.1) is 0 Å². The molecule has 2 aromatic carbocycles. The molecule has 1 aliphatic rings. The first-order valence-corrected chi connectivity index (χ1v) is 9.26. The van der Waals surface area contributed by atoms with E-state index >= 15 is 0 Å². The lowest BCUT2D eigenvalue weighted by Gasteiger charge is -2.28. The van der Waals surface area contributed by atoms with Crippen LogP contribution in [0.25, 0.3) is 0 Å². The van der Waals surface area contributed by atoms with Crippen molar-refractivity contribution in [3.05, 3.63) is 81.6 Å². The number of rotatable bonds is 3. The van der Waals surface area contributed by atoms with E-state index in [2.05, 4.69) is 38.4 Å². The van der Waals surface area contributed by atoms with Gasteiger partial charge in [-0.25, -0.2) is 9.97 Å². The molecule has 0 fully saturated rings. The van der Waals surface area contributed by atoms with Crippen molar-refractivity contribution in [2.24, 2.45) is 0 Å². The van der Waals surface area contributed by atoms with Crippen molar-refractivity contribution in [1.29, 1.82) is 0 Å². The number of hydrogen-bond acceptors (Lipinski definition) is 4. The number of carbonyl (C=O) groups is 1. The van der Waals surface area contributed by atoms with Gasteiger partial charge in [-0.1, -0.05) is 47.5 Å². The van der Waals surface area contributed by atoms with Crippen LogP contribution in [-0.2, 0) is 13.0 Å². The molecule has 2 heterocycles. The van der Waals surface area contributed by atoms with Crippen LogP contribution < -0.4 is 10.2 Å². The van der Waals surface area contributed by atoms with Gasteiger partial charge in [0.1, 0.15) is 0 Å². The Kier molecular flexibility index (Phi) is 4.97. The molecule has 1 N–H and O–H groups in total. The Labute approximate surface area is 167 Å². The number of anilines is 2. The van der Waals surface area contributed by atoms with Gasteiger partial charge in [-0.05, 0) is 35.7 Å². The minimum atomic E-state index is -0.302. The zero-order valence-corrected chi connectivity index (χ0v) is 15.8. The fraction of sp³-hybridized carbons (Fsp3) is 0.150. The second-order valence-electron chi connectivity index (χ2n) is 6.30. The number of nitrogens with zero attached hydrogens (tertiary/aromatic N) is 3. The maximum absolute atomic E-state index is 12.4. The second kappa shape index (κ2) is 7.55. The van der Waals surface area contributed by atoms with E-state index < -0.39 is 0 Å². The summed E-state index contributed by atoms with van der Waals surface area (Å²) in [7, 11) is 0. The molecule has 0 unspecified atom stereocenters. The number of amides is 1. The fourth-order valence-electron chi connectivity index (χ4n) is 3.05. The summed E-state index contributed by atoms with van der Waals surface area (Å²) in [5.41, 5.74) is 3.59. The van der Waals surface area contributed by atoms with E-state index in [4.69, 9.17) is 23.2 Å². The molecule has 136 valence electrons. The highest BCUT2D eigenvalue weighted by Crippen LogP contribution is 2.25. The molecule has 0 saturated heterocycles. The standard InChI is InChI=1S/C20H16Cl2N4O/c21-17-6-5-16(9-18(17)22)25-19(27)15-10-23-20(24-11-15)26-8-7-13-3-1-2-4-14(13)12-26/h1-6,9-11H,7-8,12H2,(H,25,27). The van der Waals surface area contributed by atoms with E-state index in [1.54, 1.807) is 18.2 Å². The number of fused-ring (bicyclic) bond motifs is 1. The molecular formula is C20H16Cl2N4O. The number of nitrogens with one attached hydrogen (secondary N) is 1. The molecule has 4 rings (SSSR count). The maximum atomic E-state index is 12.4. The first-order chi connectivity index (χ1) is 13.1. The minimum absolute atomic E-state index is 0.302. The quantitative estimate of drug-likeness (QED) is 0.700. The first kappa shape index (κ1) is 17.8. The molecule has 0 aliphatic carbocycles. The zero-order chi connectivity index (χ0) is 18.8. The Morgan fingerprint density at radius 1 is 1.00 bits per heavy atom. The number of hydrogen-bond donors (Lipinski definition) is 1. The highest BCUT2D eigenvalue weighted by atomic mass is 35.5. The summed E-state index contributed by atoms with van der Waals surface area (Å²) in [5, 5.41) is 3.58. The molecule has 1 aromatic heterocycles. The highest BCUT2D eigenvalue weighted by Gasteiger charge is 2.18. The van der Waals surface area contributed by atoms with Gasteiger partial charge in [0.15, 0.2) is 0 Å². The largest absolute Gasteiger partial charge is 0.336 e. The van der Waals surface area contributed by atoms with E-state index in [1.165, 1.54) is 23.5 Å². The SMILES string of the molecule is O=C(Nc1ccc(Cl)c(Cl)c1)c1cnc(N2CCc3ccccc3C2)nc1. The van der Waals surface area contributed by atoms with Gasteiger partial charge in [-0.3, -0.25) is 4.79 Å². The van der Waals surface area contributed by atoms with Crippen molar-refractivity contribution in [3.8, 4) is 0 Å². The summed E-state index contributed by atoms with van der Waals surface area (Å²) in [4.78, 5) is 23.2. The summed E-state index contributed by atoms with van der Waals surface area (Å²) < 4.78 is 0. The molecular weight excluding hydrogens is 383 g/mol. The van der Waals surface area contributed by atoms with Gasteiger partial charge in [0.25, 0.3) is 5.91 Å². The van der Waals surface area contributed by atoms with Crippen molar-refractivity contribution in [2.75, 3.05) is 16.8 Å². The third kappa shape index (κ3) is 3.89. The molecule has 0 saturated carbocycles. The summed E-state index contributed by atoms with van der Waals surface area (Å²) in [6, 6.07) is 13.3. The lowest BCUT2D eigenvalue weighted by molar-refractivity contribution is 0.102. The number of halogens is 2. The average molecular weight is 399 g/mol. The van der Waals surface area contributed by atoms with Gasteiger partial charge >= 0.3 is 0 Å². The van der Waals surface area contributed by atoms with Gasteiger partial charge < -0.3 is 10.2 Å². The Hall–Kier alpha value is -2.63. The van der Waals surface area contributed by atoms with Crippen LogP contribution in [-0.4, -0.2) is 22.4 Å². The number of benzene rings is 2. The van der Waals surface area contributed by atoms with Crippen molar-refractivity contribution in [3.63, 3.8) is 0 Å². The third-order valence-electron chi connectivity index (χ3n) is 4.49. The van der Waals surface area contributed by atoms with E-state index in [-0.39, 0.29) is 5.91 Å². The topological polar surface area (TPSA) is 58.1 Å². The van der Waals surface area contributed by atoms with Gasteiger partial charge in [0.05, 0.1) is 15.6 Å². The van der Waals surface area contributed by atoms with Gasteiger partial charge in [0.2, 0.25) is 5.95 Å². The van der Waals surface area contributed by atoms with E-state index in [0.717, 1.165) is 19.5 Å². The molecule has 3 aromatic rings. The summed E-state index contributed by atoms with van der Waals surface area (Å²) in [6.07, 6.45) is 4.03. The fourth-order valence-corrected chi connectivity index (χ4v) is 3.34. The Balaban J connectivity index is 1.46. The number of carbonyl (C=O) groups excluding carboxylic acids is 1. The van der Waals surface area contributed by atoms with Crippen LogP contribution in [0.4, 0.5) is 11.6 Å². The van der Waals surface area contributed by atoms with Crippen LogP contribution in [0.15, 0.2) is 54.9 Å². The van der Waals surface area contributed by atoms with Gasteiger partial charge in [-0.15, -0.1) is 0 Å². The molecule has 0 spiro atoms. The van der Waals surface area contributed by atoms with E-state index in [1.807, 2.05) is 6.07 Å². The highest BCUT2D eigenvalue weighted by molar-refractivity contribution is 6.42. The molecule has 0 atom stereocenters. The molecule has 0 radical (unpaired) electrons.